The number of aryl methyl sites for hydroxylation is 1. The molecule has 5 heteroatoms. The maximum atomic E-state index is 4.36. The van der Waals surface area contributed by atoms with E-state index in [0.717, 1.165) is 18.9 Å². The molecule has 0 spiro atoms. The van der Waals surface area contributed by atoms with Crippen molar-refractivity contribution in [2.45, 2.75) is 20.4 Å². The number of anilines is 2. The van der Waals surface area contributed by atoms with Crippen LogP contribution in [0.1, 0.15) is 17.4 Å². The van der Waals surface area contributed by atoms with Crippen molar-refractivity contribution in [1.82, 2.24) is 9.97 Å². The van der Waals surface area contributed by atoms with Gasteiger partial charge in [-0.3, -0.25) is 0 Å². The molecular weight excluding hydrogens is 232 g/mol. The summed E-state index contributed by atoms with van der Waals surface area (Å²) in [6.45, 7) is 5.79. The number of rotatable bonds is 5. The van der Waals surface area contributed by atoms with Crippen LogP contribution in [0.2, 0.25) is 0 Å². The monoisotopic (exact) mass is 248 g/mol. The molecule has 0 radical (unpaired) electrons. The first-order chi connectivity index (χ1) is 8.29. The highest BCUT2D eigenvalue weighted by Gasteiger charge is 2.01. The molecule has 0 unspecified atom stereocenters. The van der Waals surface area contributed by atoms with E-state index in [-0.39, 0.29) is 0 Å². The molecule has 0 amide bonds. The zero-order valence-corrected chi connectivity index (χ0v) is 10.8. The van der Waals surface area contributed by atoms with Crippen molar-refractivity contribution in [2.24, 2.45) is 0 Å². The molecule has 2 aromatic rings. The molecule has 0 atom stereocenters. The molecule has 90 valence electrons. The molecule has 2 rings (SSSR count). The first-order valence-electron chi connectivity index (χ1n) is 5.63. The summed E-state index contributed by atoms with van der Waals surface area (Å²) in [4.78, 5) is 9.84. The largest absolute Gasteiger partial charge is 0.365 e. The summed E-state index contributed by atoms with van der Waals surface area (Å²) in [5, 5.41) is 8.51. The number of hydrogen-bond acceptors (Lipinski definition) is 5. The lowest BCUT2D eigenvalue weighted by Gasteiger charge is -2.06. The molecule has 0 saturated heterocycles. The Morgan fingerprint density at radius 1 is 1.29 bits per heavy atom. The van der Waals surface area contributed by atoms with Crippen LogP contribution in [-0.4, -0.2) is 16.5 Å². The molecule has 17 heavy (non-hydrogen) atoms. The van der Waals surface area contributed by atoms with Crippen molar-refractivity contribution >= 4 is 23.1 Å². The van der Waals surface area contributed by atoms with Crippen molar-refractivity contribution < 1.29 is 0 Å². The zero-order chi connectivity index (χ0) is 12.1. The second kappa shape index (κ2) is 5.63. The fourth-order valence-electron chi connectivity index (χ4n) is 1.46. The summed E-state index contributed by atoms with van der Waals surface area (Å²) in [5.41, 5.74) is 1.32. The third-order valence-electron chi connectivity index (χ3n) is 2.39. The van der Waals surface area contributed by atoms with Crippen LogP contribution in [0, 0.1) is 6.92 Å². The van der Waals surface area contributed by atoms with Crippen molar-refractivity contribution in [3.8, 4) is 0 Å². The van der Waals surface area contributed by atoms with Crippen LogP contribution in [0.25, 0.3) is 0 Å². The van der Waals surface area contributed by atoms with Gasteiger partial charge in [-0.05, 0) is 36.9 Å². The Morgan fingerprint density at radius 2 is 2.18 bits per heavy atom. The van der Waals surface area contributed by atoms with Gasteiger partial charge in [-0.15, -0.1) is 11.3 Å². The molecule has 4 nitrogen and oxygen atoms in total. The summed E-state index contributed by atoms with van der Waals surface area (Å²) >= 11 is 1.76. The number of thiophene rings is 1. The first kappa shape index (κ1) is 11.9. The Morgan fingerprint density at radius 3 is 2.88 bits per heavy atom. The second-order valence-corrected chi connectivity index (χ2v) is 4.68. The average molecular weight is 248 g/mol. The third-order valence-corrected chi connectivity index (χ3v) is 3.41. The fourth-order valence-corrected chi connectivity index (χ4v) is 2.30. The molecule has 0 saturated carbocycles. The van der Waals surface area contributed by atoms with Crippen LogP contribution in [0.4, 0.5) is 11.8 Å². The SMILES string of the molecule is CCNc1nccc(NCc2sccc2C)n1. The van der Waals surface area contributed by atoms with Gasteiger partial charge in [-0.1, -0.05) is 0 Å². The Labute approximate surface area is 105 Å². The highest BCUT2D eigenvalue weighted by molar-refractivity contribution is 7.10. The van der Waals surface area contributed by atoms with E-state index >= 15 is 0 Å². The molecule has 2 heterocycles. The number of nitrogens with one attached hydrogen (secondary N) is 2. The standard InChI is InChI=1S/C12H16N4S/c1-3-13-12-14-6-4-11(16-12)15-8-10-9(2)5-7-17-10/h4-7H,3,8H2,1-2H3,(H2,13,14,15,16). The van der Waals surface area contributed by atoms with Gasteiger partial charge in [0.05, 0.1) is 6.54 Å². The van der Waals surface area contributed by atoms with E-state index < -0.39 is 0 Å². The lowest BCUT2D eigenvalue weighted by atomic mass is 10.3. The van der Waals surface area contributed by atoms with E-state index in [1.807, 2.05) is 13.0 Å². The van der Waals surface area contributed by atoms with Crippen molar-refractivity contribution in [3.05, 3.63) is 34.2 Å². The molecule has 0 aliphatic heterocycles. The lowest BCUT2D eigenvalue weighted by Crippen LogP contribution is -2.05. The Kier molecular flexibility index (Phi) is 3.93. The topological polar surface area (TPSA) is 49.8 Å². The predicted octanol–water partition coefficient (Wildman–Crippen LogP) is 2.89. The van der Waals surface area contributed by atoms with Gasteiger partial charge in [0, 0.05) is 17.6 Å². The van der Waals surface area contributed by atoms with Gasteiger partial charge in [0.25, 0.3) is 0 Å². The molecular formula is C12H16N4S. The van der Waals surface area contributed by atoms with E-state index in [4.69, 9.17) is 0 Å². The van der Waals surface area contributed by atoms with Gasteiger partial charge in [0.15, 0.2) is 0 Å². The van der Waals surface area contributed by atoms with E-state index in [9.17, 15) is 0 Å². The highest BCUT2D eigenvalue weighted by Crippen LogP contribution is 2.17. The number of aromatic nitrogens is 2. The minimum atomic E-state index is 0.667. The summed E-state index contributed by atoms with van der Waals surface area (Å²) in [7, 11) is 0. The first-order valence-corrected chi connectivity index (χ1v) is 6.51. The minimum absolute atomic E-state index is 0.667. The molecule has 2 aromatic heterocycles. The molecule has 0 fully saturated rings. The fraction of sp³-hybridized carbons (Fsp3) is 0.333. The van der Waals surface area contributed by atoms with Gasteiger partial charge in [-0.25, -0.2) is 4.98 Å². The van der Waals surface area contributed by atoms with Crippen molar-refractivity contribution in [3.63, 3.8) is 0 Å². The summed E-state index contributed by atoms with van der Waals surface area (Å²) in [6, 6.07) is 4.01. The second-order valence-electron chi connectivity index (χ2n) is 3.68. The molecule has 0 bridgehead atoms. The van der Waals surface area contributed by atoms with E-state index in [1.54, 1.807) is 17.5 Å². The quantitative estimate of drug-likeness (QED) is 0.854. The maximum absolute atomic E-state index is 4.36. The molecule has 0 aliphatic carbocycles. The van der Waals surface area contributed by atoms with Crippen LogP contribution < -0.4 is 10.6 Å². The highest BCUT2D eigenvalue weighted by atomic mass is 32.1. The molecule has 2 N–H and O–H groups in total. The normalized spacial score (nSPS) is 10.2. The Bertz CT molecular complexity index is 481. The van der Waals surface area contributed by atoms with Gasteiger partial charge < -0.3 is 10.6 Å². The van der Waals surface area contributed by atoms with Gasteiger partial charge >= 0.3 is 0 Å². The predicted molar refractivity (Wildman–Crippen MR) is 72.6 cm³/mol. The van der Waals surface area contributed by atoms with Gasteiger partial charge in [-0.2, -0.15) is 4.98 Å². The van der Waals surface area contributed by atoms with E-state index in [2.05, 4.69) is 39.0 Å². The maximum Gasteiger partial charge on any atom is 0.224 e. The minimum Gasteiger partial charge on any atom is -0.365 e. The summed E-state index contributed by atoms with van der Waals surface area (Å²) in [6.07, 6.45) is 1.76. The number of hydrogen-bond donors (Lipinski definition) is 2. The molecule has 0 aliphatic rings. The third kappa shape index (κ3) is 3.17. The van der Waals surface area contributed by atoms with Crippen molar-refractivity contribution in [2.75, 3.05) is 17.2 Å². The molecule has 0 aromatic carbocycles. The smallest absolute Gasteiger partial charge is 0.224 e. The van der Waals surface area contributed by atoms with Crippen LogP contribution in [-0.2, 0) is 6.54 Å². The average Bonchev–Trinajstić information content (AvgIpc) is 2.73. The summed E-state index contributed by atoms with van der Waals surface area (Å²) < 4.78 is 0. The van der Waals surface area contributed by atoms with Crippen LogP contribution >= 0.6 is 11.3 Å². The Hall–Kier alpha value is -1.62. The number of nitrogens with zero attached hydrogens (tertiary/aromatic N) is 2. The van der Waals surface area contributed by atoms with Gasteiger partial charge in [0.2, 0.25) is 5.95 Å². The summed E-state index contributed by atoms with van der Waals surface area (Å²) in [5.74, 6) is 1.52. The lowest BCUT2D eigenvalue weighted by molar-refractivity contribution is 1.06. The van der Waals surface area contributed by atoms with E-state index in [1.165, 1.54) is 10.4 Å². The van der Waals surface area contributed by atoms with Gasteiger partial charge in [0.1, 0.15) is 5.82 Å². The van der Waals surface area contributed by atoms with Crippen LogP contribution in [0.5, 0.6) is 0 Å². The van der Waals surface area contributed by atoms with Crippen LogP contribution in [0.15, 0.2) is 23.7 Å². The zero-order valence-electron chi connectivity index (χ0n) is 10.0. The Balaban J connectivity index is 1.99. The van der Waals surface area contributed by atoms with Crippen molar-refractivity contribution in [1.29, 1.82) is 0 Å². The van der Waals surface area contributed by atoms with E-state index in [0.29, 0.717) is 5.95 Å². The van der Waals surface area contributed by atoms with Crippen LogP contribution in [0.3, 0.4) is 0 Å².